The fourth-order valence-electron chi connectivity index (χ4n) is 1.07. The summed E-state index contributed by atoms with van der Waals surface area (Å²) in [6.45, 7) is 4.12. The lowest BCUT2D eigenvalue weighted by molar-refractivity contribution is 0.669. The predicted molar refractivity (Wildman–Crippen MR) is 58.0 cm³/mol. The first-order valence-electron chi connectivity index (χ1n) is 4.65. The van der Waals surface area contributed by atoms with Crippen LogP contribution in [0.4, 0.5) is 0 Å². The summed E-state index contributed by atoms with van der Waals surface area (Å²) in [5, 5.41) is 0.306. The standard InChI is InChI=1S/C11H16OS/c1-3-10(2)13(12)9-11-7-5-4-6-8-11/h4-8,10H,3,9H2,1-2H3. The Hall–Kier alpha value is -0.630. The molecule has 0 bridgehead atoms. The fourth-order valence-corrected chi connectivity index (χ4v) is 2.24. The maximum atomic E-state index is 11.7. The van der Waals surface area contributed by atoms with Crippen molar-refractivity contribution in [3.05, 3.63) is 35.9 Å². The molecule has 1 aromatic carbocycles. The molecule has 72 valence electrons. The lowest BCUT2D eigenvalue weighted by Crippen LogP contribution is -2.11. The minimum absolute atomic E-state index is 0.306. The van der Waals surface area contributed by atoms with Gasteiger partial charge in [-0.15, -0.1) is 0 Å². The molecule has 0 amide bonds. The van der Waals surface area contributed by atoms with Crippen molar-refractivity contribution in [2.45, 2.75) is 31.3 Å². The van der Waals surface area contributed by atoms with Crippen molar-refractivity contribution >= 4 is 10.8 Å². The topological polar surface area (TPSA) is 17.1 Å². The van der Waals surface area contributed by atoms with Crippen molar-refractivity contribution in [2.24, 2.45) is 0 Å². The number of rotatable bonds is 4. The van der Waals surface area contributed by atoms with E-state index in [-0.39, 0.29) is 0 Å². The highest BCUT2D eigenvalue weighted by atomic mass is 32.2. The van der Waals surface area contributed by atoms with Gasteiger partial charge in [0.25, 0.3) is 0 Å². The van der Waals surface area contributed by atoms with Crippen molar-refractivity contribution < 1.29 is 4.21 Å². The van der Waals surface area contributed by atoms with Gasteiger partial charge in [0, 0.05) is 21.8 Å². The molecule has 13 heavy (non-hydrogen) atoms. The van der Waals surface area contributed by atoms with E-state index in [1.165, 1.54) is 5.56 Å². The van der Waals surface area contributed by atoms with Gasteiger partial charge in [-0.2, -0.15) is 0 Å². The second-order valence-electron chi connectivity index (χ2n) is 3.23. The minimum Gasteiger partial charge on any atom is -0.259 e. The Morgan fingerprint density at radius 1 is 1.31 bits per heavy atom. The summed E-state index contributed by atoms with van der Waals surface area (Å²) in [5.74, 6) is 0.690. The quantitative estimate of drug-likeness (QED) is 0.723. The molecule has 0 aliphatic heterocycles. The van der Waals surface area contributed by atoms with Crippen LogP contribution >= 0.6 is 0 Å². The summed E-state index contributed by atoms with van der Waals surface area (Å²) >= 11 is 0. The van der Waals surface area contributed by atoms with Crippen molar-refractivity contribution in [3.63, 3.8) is 0 Å². The second-order valence-corrected chi connectivity index (χ2v) is 5.08. The van der Waals surface area contributed by atoms with Crippen LogP contribution in [0.2, 0.25) is 0 Å². The monoisotopic (exact) mass is 196 g/mol. The van der Waals surface area contributed by atoms with Gasteiger partial charge >= 0.3 is 0 Å². The van der Waals surface area contributed by atoms with E-state index < -0.39 is 10.8 Å². The van der Waals surface area contributed by atoms with Crippen LogP contribution in [0.15, 0.2) is 30.3 Å². The van der Waals surface area contributed by atoms with E-state index in [1.54, 1.807) is 0 Å². The van der Waals surface area contributed by atoms with Crippen LogP contribution in [0.25, 0.3) is 0 Å². The summed E-state index contributed by atoms with van der Waals surface area (Å²) in [6, 6.07) is 10.0. The summed E-state index contributed by atoms with van der Waals surface area (Å²) in [5.41, 5.74) is 1.17. The molecule has 1 nitrogen and oxygen atoms in total. The molecule has 0 saturated heterocycles. The van der Waals surface area contributed by atoms with Gasteiger partial charge in [0.05, 0.1) is 0 Å². The Morgan fingerprint density at radius 3 is 2.46 bits per heavy atom. The Morgan fingerprint density at radius 2 is 1.92 bits per heavy atom. The number of benzene rings is 1. The van der Waals surface area contributed by atoms with Gasteiger partial charge in [0.2, 0.25) is 0 Å². The van der Waals surface area contributed by atoms with Crippen LogP contribution in [0.1, 0.15) is 25.8 Å². The molecule has 2 atom stereocenters. The molecule has 0 aliphatic carbocycles. The Kier molecular flexibility index (Phi) is 4.16. The van der Waals surface area contributed by atoms with Gasteiger partial charge in [-0.3, -0.25) is 4.21 Å². The van der Waals surface area contributed by atoms with Gasteiger partial charge < -0.3 is 0 Å². The molecular weight excluding hydrogens is 180 g/mol. The summed E-state index contributed by atoms with van der Waals surface area (Å²) in [4.78, 5) is 0. The third-order valence-electron chi connectivity index (χ3n) is 2.18. The fraction of sp³-hybridized carbons (Fsp3) is 0.455. The van der Waals surface area contributed by atoms with Crippen LogP contribution in [0, 0.1) is 0 Å². The largest absolute Gasteiger partial charge is 0.259 e. The van der Waals surface area contributed by atoms with Crippen molar-refractivity contribution in [2.75, 3.05) is 0 Å². The molecule has 0 saturated carbocycles. The first-order valence-corrected chi connectivity index (χ1v) is 6.03. The second kappa shape index (κ2) is 5.18. The minimum atomic E-state index is -0.716. The van der Waals surface area contributed by atoms with Gasteiger partial charge in [-0.05, 0) is 12.0 Å². The van der Waals surface area contributed by atoms with Crippen LogP contribution in [0.3, 0.4) is 0 Å². The first-order chi connectivity index (χ1) is 6.24. The third-order valence-corrected chi connectivity index (χ3v) is 4.02. The van der Waals surface area contributed by atoms with Crippen molar-refractivity contribution in [3.8, 4) is 0 Å². The lowest BCUT2D eigenvalue weighted by Gasteiger charge is -2.07. The highest BCUT2D eigenvalue weighted by molar-refractivity contribution is 7.84. The van der Waals surface area contributed by atoms with E-state index in [0.717, 1.165) is 6.42 Å². The smallest absolute Gasteiger partial charge is 0.0488 e. The summed E-state index contributed by atoms with van der Waals surface area (Å²) in [7, 11) is -0.716. The molecule has 0 heterocycles. The summed E-state index contributed by atoms with van der Waals surface area (Å²) in [6.07, 6.45) is 0.986. The van der Waals surface area contributed by atoms with Crippen LogP contribution in [0.5, 0.6) is 0 Å². The molecule has 0 aromatic heterocycles. The van der Waals surface area contributed by atoms with Gasteiger partial charge in [-0.25, -0.2) is 0 Å². The average Bonchev–Trinajstić information content (AvgIpc) is 2.18. The molecular formula is C11H16OS. The average molecular weight is 196 g/mol. The van der Waals surface area contributed by atoms with Gasteiger partial charge in [0.15, 0.2) is 0 Å². The van der Waals surface area contributed by atoms with Crippen LogP contribution in [-0.2, 0) is 16.6 Å². The van der Waals surface area contributed by atoms with Gasteiger partial charge in [-0.1, -0.05) is 44.2 Å². The highest BCUT2D eigenvalue weighted by Crippen LogP contribution is 2.08. The Balaban J connectivity index is 2.55. The predicted octanol–water partition coefficient (Wildman–Crippen LogP) is 2.73. The van der Waals surface area contributed by atoms with Gasteiger partial charge in [0.1, 0.15) is 0 Å². The molecule has 0 radical (unpaired) electrons. The lowest BCUT2D eigenvalue weighted by atomic mass is 10.2. The highest BCUT2D eigenvalue weighted by Gasteiger charge is 2.08. The van der Waals surface area contributed by atoms with E-state index in [9.17, 15) is 4.21 Å². The van der Waals surface area contributed by atoms with E-state index in [4.69, 9.17) is 0 Å². The molecule has 2 heteroatoms. The molecule has 0 N–H and O–H groups in total. The van der Waals surface area contributed by atoms with Crippen molar-refractivity contribution in [1.82, 2.24) is 0 Å². The van der Waals surface area contributed by atoms with E-state index in [2.05, 4.69) is 6.92 Å². The number of hydrogen-bond acceptors (Lipinski definition) is 1. The first kappa shape index (κ1) is 10.5. The zero-order chi connectivity index (χ0) is 9.68. The molecule has 0 aliphatic rings. The molecule has 0 fully saturated rings. The third kappa shape index (κ3) is 3.31. The van der Waals surface area contributed by atoms with E-state index in [0.29, 0.717) is 11.0 Å². The number of hydrogen-bond donors (Lipinski definition) is 0. The Labute approximate surface area is 82.6 Å². The molecule has 2 unspecified atom stereocenters. The maximum absolute atomic E-state index is 11.7. The zero-order valence-electron chi connectivity index (χ0n) is 8.19. The summed E-state index contributed by atoms with van der Waals surface area (Å²) < 4.78 is 11.7. The molecule has 1 aromatic rings. The van der Waals surface area contributed by atoms with E-state index >= 15 is 0 Å². The van der Waals surface area contributed by atoms with Crippen LogP contribution in [-0.4, -0.2) is 9.46 Å². The maximum Gasteiger partial charge on any atom is 0.0488 e. The zero-order valence-corrected chi connectivity index (χ0v) is 9.01. The molecule has 0 spiro atoms. The van der Waals surface area contributed by atoms with Crippen LogP contribution < -0.4 is 0 Å². The Bertz CT molecular complexity index is 269. The molecule has 1 rings (SSSR count). The SMILES string of the molecule is CCC(C)S(=O)Cc1ccccc1. The normalized spacial score (nSPS) is 15.2. The van der Waals surface area contributed by atoms with E-state index in [1.807, 2.05) is 37.3 Å². The van der Waals surface area contributed by atoms with Crippen molar-refractivity contribution in [1.29, 1.82) is 0 Å².